The van der Waals surface area contributed by atoms with E-state index in [0.717, 1.165) is 12.8 Å². The Morgan fingerprint density at radius 3 is 2.69 bits per heavy atom. The van der Waals surface area contributed by atoms with Crippen LogP contribution in [0.1, 0.15) is 34.3 Å². The smallest absolute Gasteiger partial charge is 0.335 e. The van der Waals surface area contributed by atoms with Gasteiger partial charge in [0.05, 0.1) is 5.56 Å². The fourth-order valence-electron chi connectivity index (χ4n) is 1.60. The summed E-state index contributed by atoms with van der Waals surface area (Å²) in [7, 11) is 0. The van der Waals surface area contributed by atoms with Crippen molar-refractivity contribution in [1.29, 1.82) is 0 Å². The number of hydrogen-bond donors (Lipinski definition) is 2. The zero-order chi connectivity index (χ0) is 12.1. The van der Waals surface area contributed by atoms with Crippen molar-refractivity contribution in [3.05, 3.63) is 34.6 Å². The Morgan fingerprint density at radius 1 is 1.44 bits per heavy atom. The molecule has 0 aliphatic heterocycles. The van der Waals surface area contributed by atoms with Gasteiger partial charge in [-0.15, -0.1) is 0 Å². The monoisotopic (exact) mass is 225 g/mol. The van der Waals surface area contributed by atoms with E-state index in [2.05, 4.69) is 0 Å². The molecule has 3 N–H and O–H groups in total. The molecule has 3 nitrogen and oxygen atoms in total. The highest BCUT2D eigenvalue weighted by Gasteiger charge is 2.11. The summed E-state index contributed by atoms with van der Waals surface area (Å²) < 4.78 is 13.5. The van der Waals surface area contributed by atoms with Gasteiger partial charge in [0.1, 0.15) is 5.82 Å². The lowest BCUT2D eigenvalue weighted by atomic mass is 10.0. The predicted molar refractivity (Wildman–Crippen MR) is 60.1 cm³/mol. The number of rotatable bonds is 5. The third-order valence-electron chi connectivity index (χ3n) is 2.52. The van der Waals surface area contributed by atoms with Crippen molar-refractivity contribution < 1.29 is 14.3 Å². The van der Waals surface area contributed by atoms with E-state index >= 15 is 0 Å². The second-order valence-corrected chi connectivity index (χ2v) is 3.81. The Morgan fingerprint density at radius 2 is 2.12 bits per heavy atom. The first-order chi connectivity index (χ1) is 7.56. The van der Waals surface area contributed by atoms with Crippen molar-refractivity contribution in [3.63, 3.8) is 0 Å². The highest BCUT2D eigenvalue weighted by atomic mass is 19.1. The molecule has 0 heterocycles. The molecule has 0 aromatic heterocycles. The molecular weight excluding hydrogens is 209 g/mol. The third-order valence-corrected chi connectivity index (χ3v) is 2.52. The topological polar surface area (TPSA) is 63.3 Å². The lowest BCUT2D eigenvalue weighted by Crippen LogP contribution is -2.04. The second-order valence-electron chi connectivity index (χ2n) is 3.81. The first-order valence-electron chi connectivity index (χ1n) is 5.28. The largest absolute Gasteiger partial charge is 0.478 e. The first-order valence-corrected chi connectivity index (χ1v) is 5.28. The summed E-state index contributed by atoms with van der Waals surface area (Å²) in [4.78, 5) is 10.9. The van der Waals surface area contributed by atoms with Crippen molar-refractivity contribution in [2.45, 2.75) is 26.2 Å². The highest BCUT2D eigenvalue weighted by Crippen LogP contribution is 2.17. The van der Waals surface area contributed by atoms with Crippen LogP contribution < -0.4 is 5.73 Å². The number of nitrogens with two attached hydrogens (primary N) is 1. The summed E-state index contributed by atoms with van der Waals surface area (Å²) in [5, 5.41) is 8.91. The first kappa shape index (κ1) is 12.6. The summed E-state index contributed by atoms with van der Waals surface area (Å²) in [6.07, 6.45) is 2.12. The van der Waals surface area contributed by atoms with Gasteiger partial charge in [-0.3, -0.25) is 0 Å². The molecule has 0 aliphatic rings. The maximum atomic E-state index is 13.5. The maximum Gasteiger partial charge on any atom is 0.335 e. The number of halogens is 1. The number of carboxylic acid groups (broad SMARTS) is 1. The van der Waals surface area contributed by atoms with Gasteiger partial charge in [-0.1, -0.05) is 0 Å². The number of aryl methyl sites for hydroxylation is 2. The van der Waals surface area contributed by atoms with E-state index < -0.39 is 5.97 Å². The molecule has 88 valence electrons. The van der Waals surface area contributed by atoms with Gasteiger partial charge in [0.2, 0.25) is 0 Å². The standard InChI is InChI=1S/C12H16FNO2/c1-8-6-11(13)9(4-2-3-5-14)7-10(8)12(15)16/h6-7H,2-5,14H2,1H3,(H,15,16). The van der Waals surface area contributed by atoms with Crippen LogP contribution >= 0.6 is 0 Å². The third kappa shape index (κ3) is 3.03. The lowest BCUT2D eigenvalue weighted by molar-refractivity contribution is 0.0696. The van der Waals surface area contributed by atoms with Gasteiger partial charge in [0, 0.05) is 0 Å². The summed E-state index contributed by atoms with van der Waals surface area (Å²) in [5.41, 5.74) is 6.42. The van der Waals surface area contributed by atoms with E-state index in [4.69, 9.17) is 10.8 Å². The molecule has 0 atom stereocenters. The van der Waals surface area contributed by atoms with Gasteiger partial charge in [0.15, 0.2) is 0 Å². The minimum absolute atomic E-state index is 0.171. The molecule has 0 fully saturated rings. The van der Waals surface area contributed by atoms with Crippen LogP contribution in [0.15, 0.2) is 12.1 Å². The van der Waals surface area contributed by atoms with Crippen molar-refractivity contribution >= 4 is 5.97 Å². The Bertz CT molecular complexity index is 391. The summed E-state index contributed by atoms with van der Waals surface area (Å²) in [6.45, 7) is 2.16. The van der Waals surface area contributed by atoms with Crippen LogP contribution in [0.3, 0.4) is 0 Å². The van der Waals surface area contributed by atoms with E-state index in [1.54, 1.807) is 6.92 Å². The van der Waals surface area contributed by atoms with E-state index in [1.165, 1.54) is 12.1 Å². The molecule has 1 aromatic carbocycles. The fraction of sp³-hybridized carbons (Fsp3) is 0.417. The predicted octanol–water partition coefficient (Wildman–Crippen LogP) is 2.11. The molecule has 4 heteroatoms. The van der Waals surface area contributed by atoms with E-state index in [1.807, 2.05) is 0 Å². The number of unbranched alkanes of at least 4 members (excludes halogenated alkanes) is 1. The molecule has 0 unspecified atom stereocenters. The molecule has 0 saturated carbocycles. The van der Waals surface area contributed by atoms with Crippen LogP contribution in [0, 0.1) is 12.7 Å². The number of benzene rings is 1. The van der Waals surface area contributed by atoms with E-state index in [9.17, 15) is 9.18 Å². The van der Waals surface area contributed by atoms with Crippen LogP contribution in [0.2, 0.25) is 0 Å². The quantitative estimate of drug-likeness (QED) is 0.754. The minimum atomic E-state index is -1.02. The van der Waals surface area contributed by atoms with Crippen LogP contribution in [-0.2, 0) is 6.42 Å². The molecule has 0 aliphatic carbocycles. The molecule has 0 bridgehead atoms. The molecule has 0 spiro atoms. The highest BCUT2D eigenvalue weighted by molar-refractivity contribution is 5.89. The summed E-state index contributed by atoms with van der Waals surface area (Å²) in [6, 6.07) is 2.70. The Balaban J connectivity index is 2.91. The Labute approximate surface area is 94.1 Å². The number of carboxylic acids is 1. The number of aromatic carboxylic acids is 1. The number of hydrogen-bond acceptors (Lipinski definition) is 2. The van der Waals surface area contributed by atoms with Gasteiger partial charge in [-0.25, -0.2) is 9.18 Å². The van der Waals surface area contributed by atoms with Crippen LogP contribution in [0.25, 0.3) is 0 Å². The van der Waals surface area contributed by atoms with Crippen molar-refractivity contribution in [3.8, 4) is 0 Å². The van der Waals surface area contributed by atoms with Gasteiger partial charge < -0.3 is 10.8 Å². The number of carbonyl (C=O) groups is 1. The second kappa shape index (κ2) is 5.61. The van der Waals surface area contributed by atoms with Gasteiger partial charge in [-0.2, -0.15) is 0 Å². The van der Waals surface area contributed by atoms with E-state index in [-0.39, 0.29) is 11.4 Å². The van der Waals surface area contributed by atoms with Crippen LogP contribution in [0.5, 0.6) is 0 Å². The SMILES string of the molecule is Cc1cc(F)c(CCCCN)cc1C(=O)O. The maximum absolute atomic E-state index is 13.5. The average Bonchev–Trinajstić information content (AvgIpc) is 2.21. The normalized spacial score (nSPS) is 10.4. The summed E-state index contributed by atoms with van der Waals surface area (Å²) in [5.74, 6) is -1.35. The molecule has 0 radical (unpaired) electrons. The molecule has 0 saturated heterocycles. The average molecular weight is 225 g/mol. The lowest BCUT2D eigenvalue weighted by Gasteiger charge is -2.07. The van der Waals surface area contributed by atoms with Gasteiger partial charge >= 0.3 is 5.97 Å². The molecule has 16 heavy (non-hydrogen) atoms. The Hall–Kier alpha value is -1.42. The van der Waals surface area contributed by atoms with Crippen molar-refractivity contribution in [2.75, 3.05) is 6.54 Å². The summed E-state index contributed by atoms with van der Waals surface area (Å²) >= 11 is 0. The molecule has 1 aromatic rings. The van der Waals surface area contributed by atoms with Gasteiger partial charge in [0.25, 0.3) is 0 Å². The van der Waals surface area contributed by atoms with Crippen molar-refractivity contribution in [1.82, 2.24) is 0 Å². The van der Waals surface area contributed by atoms with E-state index in [0.29, 0.717) is 24.1 Å². The van der Waals surface area contributed by atoms with Gasteiger partial charge in [-0.05, 0) is 56.0 Å². The van der Waals surface area contributed by atoms with Crippen molar-refractivity contribution in [2.24, 2.45) is 5.73 Å². The molecular formula is C12H16FNO2. The molecule has 0 amide bonds. The zero-order valence-corrected chi connectivity index (χ0v) is 9.29. The minimum Gasteiger partial charge on any atom is -0.478 e. The fourth-order valence-corrected chi connectivity index (χ4v) is 1.60. The molecule has 1 rings (SSSR count). The van der Waals surface area contributed by atoms with Crippen LogP contribution in [0.4, 0.5) is 4.39 Å². The Kier molecular flexibility index (Phi) is 4.43. The van der Waals surface area contributed by atoms with Crippen LogP contribution in [-0.4, -0.2) is 17.6 Å². The zero-order valence-electron chi connectivity index (χ0n) is 9.29.